The Morgan fingerprint density at radius 3 is 2.79 bits per heavy atom. The van der Waals surface area contributed by atoms with Crippen LogP contribution in [-0.4, -0.2) is 41.6 Å². The van der Waals surface area contributed by atoms with Crippen LogP contribution in [0.15, 0.2) is 24.3 Å². The van der Waals surface area contributed by atoms with Crippen molar-refractivity contribution < 1.29 is 19.4 Å². The molecular weight excluding hydrogens is 270 g/mol. The number of carboxylic acid groups (broad SMARTS) is 1. The van der Waals surface area contributed by atoms with Gasteiger partial charge in [-0.1, -0.05) is 23.7 Å². The molecule has 1 unspecified atom stereocenters. The predicted molar refractivity (Wildman–Crippen MR) is 69.3 cm³/mol. The molecule has 6 heteroatoms. The second-order valence-electron chi connectivity index (χ2n) is 4.38. The van der Waals surface area contributed by atoms with Gasteiger partial charge in [-0.25, -0.2) is 0 Å². The Hall–Kier alpha value is -1.75. The zero-order valence-corrected chi connectivity index (χ0v) is 11.0. The summed E-state index contributed by atoms with van der Waals surface area (Å²) in [6.07, 6.45) is 0.493. The van der Waals surface area contributed by atoms with Gasteiger partial charge in [-0.05, 0) is 18.6 Å². The molecule has 0 bridgehead atoms. The normalized spacial score (nSPS) is 18.4. The quantitative estimate of drug-likeness (QED) is 0.912. The highest BCUT2D eigenvalue weighted by Crippen LogP contribution is 2.23. The summed E-state index contributed by atoms with van der Waals surface area (Å²) in [5, 5.41) is 9.32. The molecule has 1 aliphatic rings. The van der Waals surface area contributed by atoms with Gasteiger partial charge < -0.3 is 14.7 Å². The van der Waals surface area contributed by atoms with Crippen molar-refractivity contribution in [3.63, 3.8) is 0 Å². The number of hydrogen-bond acceptors (Lipinski definition) is 3. The standard InChI is InChI=1S/C13H14ClNO4/c14-10-3-1-2-4-11(10)19-8-12(16)15-6-5-9(7-15)13(17)18/h1-4,9H,5-8H2,(H,17,18). The molecule has 0 aromatic heterocycles. The molecular formula is C13H14ClNO4. The third-order valence-corrected chi connectivity index (χ3v) is 3.39. The molecule has 1 aromatic carbocycles. The number of benzene rings is 1. The molecule has 1 amide bonds. The van der Waals surface area contributed by atoms with Gasteiger partial charge in [-0.3, -0.25) is 9.59 Å². The Morgan fingerprint density at radius 2 is 2.16 bits per heavy atom. The number of likely N-dealkylation sites (tertiary alicyclic amines) is 1. The van der Waals surface area contributed by atoms with E-state index in [4.69, 9.17) is 21.4 Å². The zero-order chi connectivity index (χ0) is 13.8. The number of halogens is 1. The number of para-hydroxylation sites is 1. The number of hydrogen-bond donors (Lipinski definition) is 1. The third kappa shape index (κ3) is 3.38. The van der Waals surface area contributed by atoms with Gasteiger partial charge in [0.1, 0.15) is 5.75 Å². The van der Waals surface area contributed by atoms with Gasteiger partial charge in [0.25, 0.3) is 5.91 Å². The number of carboxylic acids is 1. The molecule has 0 radical (unpaired) electrons. The van der Waals surface area contributed by atoms with Crippen molar-refractivity contribution >= 4 is 23.5 Å². The number of aliphatic carboxylic acids is 1. The first-order valence-electron chi connectivity index (χ1n) is 5.96. The second-order valence-corrected chi connectivity index (χ2v) is 4.79. The Balaban J connectivity index is 1.86. The average molecular weight is 284 g/mol. The van der Waals surface area contributed by atoms with E-state index in [0.717, 1.165) is 0 Å². The smallest absolute Gasteiger partial charge is 0.308 e. The number of rotatable bonds is 4. The third-order valence-electron chi connectivity index (χ3n) is 3.08. The van der Waals surface area contributed by atoms with Crippen LogP contribution in [0.2, 0.25) is 5.02 Å². The number of carbonyl (C=O) groups excluding carboxylic acids is 1. The molecule has 19 heavy (non-hydrogen) atoms. The molecule has 1 N–H and O–H groups in total. The predicted octanol–water partition coefficient (Wildman–Crippen LogP) is 1.65. The Bertz CT molecular complexity index is 491. The number of ether oxygens (including phenoxy) is 1. The molecule has 1 fully saturated rings. The fourth-order valence-electron chi connectivity index (χ4n) is 1.98. The first kappa shape index (κ1) is 13.7. The Labute approximate surface area is 115 Å². The van der Waals surface area contributed by atoms with Crippen LogP contribution in [0.4, 0.5) is 0 Å². The molecule has 102 valence electrons. The highest BCUT2D eigenvalue weighted by Gasteiger charge is 2.30. The van der Waals surface area contributed by atoms with Gasteiger partial charge in [0, 0.05) is 13.1 Å². The maximum absolute atomic E-state index is 11.9. The van der Waals surface area contributed by atoms with Crippen LogP contribution in [0.25, 0.3) is 0 Å². The van der Waals surface area contributed by atoms with E-state index >= 15 is 0 Å². The molecule has 1 aliphatic heterocycles. The molecule has 0 saturated carbocycles. The lowest BCUT2D eigenvalue weighted by Gasteiger charge is -2.16. The van der Waals surface area contributed by atoms with Crippen molar-refractivity contribution in [1.82, 2.24) is 4.90 Å². The van der Waals surface area contributed by atoms with Crippen LogP contribution in [0, 0.1) is 5.92 Å². The van der Waals surface area contributed by atoms with Crippen LogP contribution in [0.1, 0.15) is 6.42 Å². The summed E-state index contributed by atoms with van der Waals surface area (Å²) in [7, 11) is 0. The van der Waals surface area contributed by atoms with Gasteiger partial charge in [-0.15, -0.1) is 0 Å². The summed E-state index contributed by atoms with van der Waals surface area (Å²) in [4.78, 5) is 24.2. The largest absolute Gasteiger partial charge is 0.482 e. The highest BCUT2D eigenvalue weighted by molar-refractivity contribution is 6.32. The van der Waals surface area contributed by atoms with E-state index < -0.39 is 11.9 Å². The van der Waals surface area contributed by atoms with E-state index in [1.54, 1.807) is 24.3 Å². The molecule has 5 nitrogen and oxygen atoms in total. The Kier molecular flexibility index (Phi) is 4.27. The second kappa shape index (κ2) is 5.93. The van der Waals surface area contributed by atoms with E-state index in [0.29, 0.717) is 23.7 Å². The first-order valence-corrected chi connectivity index (χ1v) is 6.33. The maximum Gasteiger partial charge on any atom is 0.308 e. The molecule has 0 aliphatic carbocycles. The van der Waals surface area contributed by atoms with Crippen molar-refractivity contribution in [2.24, 2.45) is 5.92 Å². The molecule has 1 heterocycles. The van der Waals surface area contributed by atoms with Crippen LogP contribution in [-0.2, 0) is 9.59 Å². The zero-order valence-electron chi connectivity index (χ0n) is 10.2. The van der Waals surface area contributed by atoms with E-state index in [1.165, 1.54) is 4.90 Å². The van der Waals surface area contributed by atoms with Crippen molar-refractivity contribution in [3.8, 4) is 5.75 Å². The number of amides is 1. The summed E-state index contributed by atoms with van der Waals surface area (Å²) in [5.41, 5.74) is 0. The molecule has 1 saturated heterocycles. The van der Waals surface area contributed by atoms with Gasteiger partial charge in [0.2, 0.25) is 0 Å². The lowest BCUT2D eigenvalue weighted by Crippen LogP contribution is -2.33. The van der Waals surface area contributed by atoms with Gasteiger partial charge in [0.05, 0.1) is 10.9 Å². The van der Waals surface area contributed by atoms with E-state index in [9.17, 15) is 9.59 Å². The molecule has 0 spiro atoms. The van der Waals surface area contributed by atoms with Crippen LogP contribution in [0.3, 0.4) is 0 Å². The monoisotopic (exact) mass is 283 g/mol. The van der Waals surface area contributed by atoms with Crippen molar-refractivity contribution in [1.29, 1.82) is 0 Å². The van der Waals surface area contributed by atoms with E-state index in [-0.39, 0.29) is 19.1 Å². The molecule has 1 atom stereocenters. The van der Waals surface area contributed by atoms with Crippen LogP contribution in [0.5, 0.6) is 5.75 Å². The minimum Gasteiger partial charge on any atom is -0.482 e. The summed E-state index contributed by atoms with van der Waals surface area (Å²) >= 11 is 5.90. The van der Waals surface area contributed by atoms with E-state index in [2.05, 4.69) is 0 Å². The molecule has 1 aromatic rings. The summed E-state index contributed by atoms with van der Waals surface area (Å²) < 4.78 is 5.34. The van der Waals surface area contributed by atoms with Crippen molar-refractivity contribution in [2.75, 3.05) is 19.7 Å². The molecule has 2 rings (SSSR count). The van der Waals surface area contributed by atoms with Gasteiger partial charge in [-0.2, -0.15) is 0 Å². The minimum atomic E-state index is -0.859. The summed E-state index contributed by atoms with van der Waals surface area (Å²) in [5.74, 6) is -1.10. The van der Waals surface area contributed by atoms with Gasteiger partial charge in [0.15, 0.2) is 6.61 Å². The van der Waals surface area contributed by atoms with Crippen LogP contribution >= 0.6 is 11.6 Å². The topological polar surface area (TPSA) is 66.8 Å². The van der Waals surface area contributed by atoms with Gasteiger partial charge >= 0.3 is 5.97 Å². The summed E-state index contributed by atoms with van der Waals surface area (Å²) in [6.45, 7) is 0.581. The SMILES string of the molecule is O=C(O)C1CCN(C(=O)COc2ccccc2Cl)C1. The van der Waals surface area contributed by atoms with Crippen molar-refractivity contribution in [2.45, 2.75) is 6.42 Å². The number of carbonyl (C=O) groups is 2. The lowest BCUT2D eigenvalue weighted by molar-refractivity contribution is -0.141. The average Bonchev–Trinajstić information content (AvgIpc) is 2.87. The number of nitrogens with zero attached hydrogens (tertiary/aromatic N) is 1. The Morgan fingerprint density at radius 1 is 1.42 bits per heavy atom. The van der Waals surface area contributed by atoms with Crippen LogP contribution < -0.4 is 4.74 Å². The highest BCUT2D eigenvalue weighted by atomic mass is 35.5. The summed E-state index contributed by atoms with van der Waals surface area (Å²) in [6, 6.07) is 6.90. The maximum atomic E-state index is 11.9. The minimum absolute atomic E-state index is 0.129. The lowest BCUT2D eigenvalue weighted by atomic mass is 10.1. The fourth-order valence-corrected chi connectivity index (χ4v) is 2.17. The van der Waals surface area contributed by atoms with E-state index in [1.807, 2.05) is 0 Å². The fraction of sp³-hybridized carbons (Fsp3) is 0.385. The first-order chi connectivity index (χ1) is 9.08. The van der Waals surface area contributed by atoms with Crippen molar-refractivity contribution in [3.05, 3.63) is 29.3 Å².